The minimum Gasteiger partial charge on any atom is -0.503 e. The number of ketones is 1. The van der Waals surface area contributed by atoms with Crippen LogP contribution in [0.1, 0.15) is 15.9 Å². The number of carbonyl (C=O) groups is 1. The van der Waals surface area contributed by atoms with E-state index in [9.17, 15) is 15.0 Å². The Morgan fingerprint density at radius 2 is 1.77 bits per heavy atom. The third-order valence-corrected chi connectivity index (χ3v) is 5.73. The maximum atomic E-state index is 13.4. The first kappa shape index (κ1) is 20.8. The van der Waals surface area contributed by atoms with Gasteiger partial charge in [0.25, 0.3) is 0 Å². The molecule has 9 heteroatoms. The minimum absolute atomic E-state index is 0.0674. The van der Waals surface area contributed by atoms with Crippen molar-refractivity contribution < 1.29 is 24.5 Å². The van der Waals surface area contributed by atoms with Crippen LogP contribution in [0.15, 0.2) is 54.0 Å². The number of aromatic nitrogens is 2. The molecule has 31 heavy (non-hydrogen) atoms. The van der Waals surface area contributed by atoms with Gasteiger partial charge in [-0.15, -0.1) is 11.3 Å². The molecule has 0 aliphatic rings. The number of methoxy groups -OCH3 is 2. The van der Waals surface area contributed by atoms with E-state index in [4.69, 9.17) is 21.1 Å². The van der Waals surface area contributed by atoms with Crippen molar-refractivity contribution in [2.24, 2.45) is 0 Å². The van der Waals surface area contributed by atoms with Gasteiger partial charge in [0.2, 0.25) is 5.88 Å². The van der Waals surface area contributed by atoms with Crippen molar-refractivity contribution in [3.8, 4) is 39.5 Å². The fraction of sp³-hybridized carbons (Fsp3) is 0.0909. The van der Waals surface area contributed by atoms with Crippen molar-refractivity contribution in [2.75, 3.05) is 14.2 Å². The Morgan fingerprint density at radius 1 is 1.06 bits per heavy atom. The Bertz CT molecular complexity index is 1250. The Morgan fingerprint density at radius 3 is 2.39 bits per heavy atom. The highest BCUT2D eigenvalue weighted by Crippen LogP contribution is 2.45. The van der Waals surface area contributed by atoms with Crippen LogP contribution in [0, 0.1) is 0 Å². The molecule has 2 heterocycles. The van der Waals surface area contributed by atoms with Gasteiger partial charge in [0.15, 0.2) is 28.2 Å². The van der Waals surface area contributed by atoms with E-state index < -0.39 is 17.4 Å². The molecule has 0 aliphatic carbocycles. The topological polar surface area (TPSA) is 93.8 Å². The molecule has 158 valence electrons. The first-order valence-electron chi connectivity index (χ1n) is 9.05. The average Bonchev–Trinajstić information content (AvgIpc) is 3.40. The highest BCUT2D eigenvalue weighted by molar-refractivity contribution is 7.12. The summed E-state index contributed by atoms with van der Waals surface area (Å²) in [4.78, 5) is 17.6. The minimum atomic E-state index is -0.542. The molecule has 0 atom stereocenters. The summed E-state index contributed by atoms with van der Waals surface area (Å²) < 4.78 is 12.0. The molecule has 7 nitrogen and oxygen atoms in total. The lowest BCUT2D eigenvalue weighted by Crippen LogP contribution is -2.05. The lowest BCUT2D eigenvalue weighted by Gasteiger charge is -2.13. The smallest absolute Gasteiger partial charge is 0.242 e. The maximum Gasteiger partial charge on any atom is 0.242 e. The highest BCUT2D eigenvalue weighted by Gasteiger charge is 2.31. The lowest BCUT2D eigenvalue weighted by molar-refractivity contribution is 0.103. The molecule has 2 aromatic carbocycles. The molecule has 0 saturated carbocycles. The zero-order valence-corrected chi connectivity index (χ0v) is 18.1. The molecule has 2 aromatic heterocycles. The molecule has 0 fully saturated rings. The zero-order valence-electron chi connectivity index (χ0n) is 16.5. The Labute approximate surface area is 186 Å². The number of halogens is 1. The Balaban J connectivity index is 2.01. The molecule has 0 spiro atoms. The summed E-state index contributed by atoms with van der Waals surface area (Å²) in [5, 5.41) is 24.1. The summed E-state index contributed by atoms with van der Waals surface area (Å²) in [6.07, 6.45) is 1.57. The van der Waals surface area contributed by atoms with Crippen LogP contribution in [0.3, 0.4) is 0 Å². The van der Waals surface area contributed by atoms with E-state index in [2.05, 4.69) is 4.98 Å². The van der Waals surface area contributed by atoms with Crippen LogP contribution in [-0.2, 0) is 0 Å². The fourth-order valence-corrected chi connectivity index (χ4v) is 4.05. The number of rotatable bonds is 6. The molecular formula is C22H17ClN2O5S. The highest BCUT2D eigenvalue weighted by atomic mass is 35.5. The summed E-state index contributed by atoms with van der Waals surface area (Å²) in [5.74, 6) is -0.588. The van der Waals surface area contributed by atoms with Crippen LogP contribution >= 0.6 is 22.9 Å². The van der Waals surface area contributed by atoms with Crippen molar-refractivity contribution in [1.29, 1.82) is 0 Å². The number of carbonyl (C=O) groups excluding carboxylic acids is 1. The molecule has 4 rings (SSSR count). The summed E-state index contributed by atoms with van der Waals surface area (Å²) in [7, 11) is 3.01. The quantitative estimate of drug-likeness (QED) is 0.400. The largest absolute Gasteiger partial charge is 0.503 e. The van der Waals surface area contributed by atoms with Crippen LogP contribution in [0.25, 0.3) is 16.4 Å². The molecule has 0 unspecified atom stereocenters. The van der Waals surface area contributed by atoms with Crippen molar-refractivity contribution in [1.82, 2.24) is 9.55 Å². The van der Waals surface area contributed by atoms with E-state index in [1.54, 1.807) is 54.0 Å². The fourth-order valence-electron chi connectivity index (χ4n) is 3.28. The Hall–Kier alpha value is -3.49. The van der Waals surface area contributed by atoms with Gasteiger partial charge < -0.3 is 19.7 Å². The number of thiazole rings is 1. The van der Waals surface area contributed by atoms with Crippen molar-refractivity contribution >= 4 is 28.7 Å². The third-order valence-electron chi connectivity index (χ3n) is 4.72. The number of aromatic hydroxyl groups is 2. The molecule has 0 radical (unpaired) electrons. The number of hydrogen-bond acceptors (Lipinski definition) is 7. The van der Waals surface area contributed by atoms with Gasteiger partial charge in [-0.1, -0.05) is 11.6 Å². The van der Waals surface area contributed by atoms with Crippen molar-refractivity contribution in [2.45, 2.75) is 0 Å². The summed E-state index contributed by atoms with van der Waals surface area (Å²) in [6.45, 7) is 0. The van der Waals surface area contributed by atoms with Crippen LogP contribution in [0.4, 0.5) is 0 Å². The normalized spacial score (nSPS) is 10.8. The van der Waals surface area contributed by atoms with Gasteiger partial charge in [0.05, 0.1) is 25.5 Å². The van der Waals surface area contributed by atoms with Crippen molar-refractivity contribution in [3.63, 3.8) is 0 Å². The van der Waals surface area contributed by atoms with E-state index >= 15 is 0 Å². The summed E-state index contributed by atoms with van der Waals surface area (Å²) >= 11 is 7.19. The van der Waals surface area contributed by atoms with E-state index in [1.807, 2.05) is 0 Å². The second kappa shape index (κ2) is 8.33. The van der Waals surface area contributed by atoms with Gasteiger partial charge in [0, 0.05) is 27.7 Å². The molecule has 0 bridgehead atoms. The van der Waals surface area contributed by atoms with Gasteiger partial charge in [-0.25, -0.2) is 4.98 Å². The van der Waals surface area contributed by atoms with Gasteiger partial charge in [0.1, 0.15) is 0 Å². The zero-order chi connectivity index (χ0) is 22.1. The number of ether oxygens (including phenoxy) is 2. The second-order valence-electron chi connectivity index (χ2n) is 6.45. The molecule has 2 N–H and O–H groups in total. The van der Waals surface area contributed by atoms with Gasteiger partial charge in [-0.3, -0.25) is 9.36 Å². The monoisotopic (exact) mass is 456 g/mol. The number of hydrogen-bond donors (Lipinski definition) is 2. The Kier molecular flexibility index (Phi) is 5.58. The van der Waals surface area contributed by atoms with E-state index in [0.717, 1.165) is 0 Å². The van der Waals surface area contributed by atoms with Gasteiger partial charge in [-0.05, 0) is 42.5 Å². The number of benzene rings is 2. The first-order valence-corrected chi connectivity index (χ1v) is 10.3. The van der Waals surface area contributed by atoms with Crippen LogP contribution in [0.2, 0.25) is 5.02 Å². The molecule has 0 amide bonds. The summed E-state index contributed by atoms with van der Waals surface area (Å²) in [6, 6.07) is 11.3. The van der Waals surface area contributed by atoms with Crippen LogP contribution in [0.5, 0.6) is 23.1 Å². The predicted octanol–water partition coefficient (Wildman–Crippen LogP) is 4.91. The average molecular weight is 457 g/mol. The molecule has 0 aliphatic heterocycles. The number of nitrogens with zero attached hydrogens (tertiary/aromatic N) is 2. The second-order valence-corrected chi connectivity index (χ2v) is 7.76. The van der Waals surface area contributed by atoms with Crippen molar-refractivity contribution in [3.05, 3.63) is 70.2 Å². The molecular weight excluding hydrogens is 440 g/mol. The van der Waals surface area contributed by atoms with E-state index in [0.29, 0.717) is 32.8 Å². The maximum absolute atomic E-state index is 13.4. The lowest BCUT2D eigenvalue weighted by atomic mass is 9.99. The van der Waals surface area contributed by atoms with Crippen LogP contribution < -0.4 is 9.47 Å². The standard InChI is InChI=1S/C22H17ClN2O5S/c1-29-15-8-5-13(11-16(15)30-2)18-17(19(26)12-3-6-14(23)7-4-12)20(27)21(28)25(18)22-24-9-10-31-22/h3-11,27-28H,1-2H3. The van der Waals surface area contributed by atoms with Crippen LogP contribution in [-0.4, -0.2) is 39.8 Å². The summed E-state index contributed by atoms with van der Waals surface area (Å²) in [5.41, 5.74) is 1.02. The first-order chi connectivity index (χ1) is 15.0. The molecule has 4 aromatic rings. The van der Waals surface area contributed by atoms with Gasteiger partial charge in [-0.2, -0.15) is 0 Å². The van der Waals surface area contributed by atoms with E-state index in [-0.39, 0.29) is 11.3 Å². The van der Waals surface area contributed by atoms with Gasteiger partial charge >= 0.3 is 0 Å². The van der Waals surface area contributed by atoms with E-state index in [1.165, 1.54) is 30.1 Å². The predicted molar refractivity (Wildman–Crippen MR) is 118 cm³/mol. The third kappa shape index (κ3) is 3.60. The molecule has 0 saturated heterocycles. The SMILES string of the molecule is COc1ccc(-c2c(C(=O)c3ccc(Cl)cc3)c(O)c(O)n2-c2nccs2)cc1OC.